The van der Waals surface area contributed by atoms with Gasteiger partial charge in [0.25, 0.3) is 0 Å². The Morgan fingerprint density at radius 1 is 1.21 bits per heavy atom. The van der Waals surface area contributed by atoms with Gasteiger partial charge in [0.1, 0.15) is 5.75 Å². The Morgan fingerprint density at radius 2 is 1.79 bits per heavy atom. The van der Waals surface area contributed by atoms with Crippen LogP contribution in [0.3, 0.4) is 0 Å². The molecule has 2 rings (SSSR count). The third-order valence-electron chi connectivity index (χ3n) is 3.23. The molecule has 1 N–H and O–H groups in total. The number of benzene rings is 1. The predicted octanol–water partition coefficient (Wildman–Crippen LogP) is 2.67. The fraction of sp³-hybridized carbons (Fsp3) is 0.429. The zero-order valence-electron chi connectivity index (χ0n) is 11.2. The molecule has 3 nitrogen and oxygen atoms in total. The van der Waals surface area contributed by atoms with E-state index in [4.69, 9.17) is 4.74 Å². The van der Waals surface area contributed by atoms with Crippen molar-refractivity contribution in [3.63, 3.8) is 0 Å². The van der Waals surface area contributed by atoms with Crippen LogP contribution in [-0.2, 0) is 0 Å². The van der Waals surface area contributed by atoms with Crippen molar-refractivity contribution in [1.82, 2.24) is 10.2 Å². The van der Waals surface area contributed by atoms with Crippen LogP contribution in [0.4, 0.5) is 0 Å². The van der Waals surface area contributed by atoms with Crippen LogP contribution in [0.5, 0.6) is 5.75 Å². The van der Waals surface area contributed by atoms with Gasteiger partial charge in [-0.05, 0) is 17.7 Å². The minimum Gasteiger partial charge on any atom is -0.497 e. The van der Waals surface area contributed by atoms with Crippen LogP contribution in [0.1, 0.15) is 11.6 Å². The molecule has 1 aromatic rings. The minimum atomic E-state index is 0. The summed E-state index contributed by atoms with van der Waals surface area (Å²) in [6.07, 6.45) is 2.02. The highest BCUT2D eigenvalue weighted by Gasteiger charge is 2.19. The molecular weight excluding hydrogens is 283 g/mol. The number of piperazine rings is 1. The molecule has 1 saturated heterocycles. The van der Waals surface area contributed by atoms with Crippen molar-refractivity contribution < 1.29 is 4.74 Å². The Kier molecular flexibility index (Phi) is 8.85. The van der Waals surface area contributed by atoms with Crippen LogP contribution in [0, 0.1) is 0 Å². The summed E-state index contributed by atoms with van der Waals surface area (Å²) in [6.45, 7) is 8.22. The van der Waals surface area contributed by atoms with E-state index in [-0.39, 0.29) is 24.8 Å². The summed E-state index contributed by atoms with van der Waals surface area (Å²) < 4.78 is 5.18. The maximum atomic E-state index is 5.18. The molecule has 0 aliphatic carbocycles. The second kappa shape index (κ2) is 9.21. The maximum absolute atomic E-state index is 5.18. The molecule has 0 bridgehead atoms. The molecule has 19 heavy (non-hydrogen) atoms. The van der Waals surface area contributed by atoms with Gasteiger partial charge in [-0.15, -0.1) is 31.4 Å². The quantitative estimate of drug-likeness (QED) is 0.866. The van der Waals surface area contributed by atoms with Gasteiger partial charge in [0.05, 0.1) is 13.2 Å². The normalized spacial score (nSPS) is 16.7. The van der Waals surface area contributed by atoms with Crippen LogP contribution in [-0.4, -0.2) is 38.2 Å². The van der Waals surface area contributed by atoms with Crippen molar-refractivity contribution in [2.24, 2.45) is 0 Å². The van der Waals surface area contributed by atoms with Crippen LogP contribution in [0.2, 0.25) is 0 Å². The van der Waals surface area contributed by atoms with Gasteiger partial charge < -0.3 is 10.1 Å². The first-order chi connectivity index (χ1) is 8.35. The highest BCUT2D eigenvalue weighted by atomic mass is 35.5. The van der Waals surface area contributed by atoms with Crippen LogP contribution in [0.15, 0.2) is 36.9 Å². The lowest BCUT2D eigenvalue weighted by molar-refractivity contribution is 0.203. The fourth-order valence-electron chi connectivity index (χ4n) is 2.26. The van der Waals surface area contributed by atoms with Crippen molar-refractivity contribution in [2.75, 3.05) is 33.3 Å². The van der Waals surface area contributed by atoms with E-state index < -0.39 is 0 Å². The number of rotatable bonds is 4. The average Bonchev–Trinajstić information content (AvgIpc) is 2.42. The first-order valence-corrected chi connectivity index (χ1v) is 6.06. The highest BCUT2D eigenvalue weighted by molar-refractivity contribution is 5.85. The number of nitrogens with zero attached hydrogens (tertiary/aromatic N) is 1. The summed E-state index contributed by atoms with van der Waals surface area (Å²) in [5.74, 6) is 0.900. The van der Waals surface area contributed by atoms with E-state index in [0.29, 0.717) is 6.04 Å². The summed E-state index contributed by atoms with van der Waals surface area (Å²) >= 11 is 0. The summed E-state index contributed by atoms with van der Waals surface area (Å²) in [6, 6.07) is 8.56. The SMILES string of the molecule is C=C[C@@H](c1ccc(OC)cc1)N1CCNCC1.Cl.Cl. The Labute approximate surface area is 127 Å². The molecule has 5 heteroatoms. The van der Waals surface area contributed by atoms with Gasteiger partial charge in [-0.2, -0.15) is 0 Å². The van der Waals surface area contributed by atoms with Crippen molar-refractivity contribution >= 4 is 24.8 Å². The van der Waals surface area contributed by atoms with Crippen LogP contribution < -0.4 is 10.1 Å². The van der Waals surface area contributed by atoms with Crippen molar-refractivity contribution in [3.8, 4) is 5.75 Å². The smallest absolute Gasteiger partial charge is 0.118 e. The van der Waals surface area contributed by atoms with Crippen molar-refractivity contribution in [3.05, 3.63) is 42.5 Å². The van der Waals surface area contributed by atoms with E-state index in [1.165, 1.54) is 5.56 Å². The molecule has 1 fully saturated rings. The van der Waals surface area contributed by atoms with Gasteiger partial charge in [-0.1, -0.05) is 18.2 Å². The van der Waals surface area contributed by atoms with Crippen LogP contribution in [0.25, 0.3) is 0 Å². The summed E-state index contributed by atoms with van der Waals surface area (Å²) in [5, 5.41) is 3.37. The minimum absolute atomic E-state index is 0. The summed E-state index contributed by atoms with van der Waals surface area (Å²) in [4.78, 5) is 2.45. The average molecular weight is 305 g/mol. The van der Waals surface area contributed by atoms with Gasteiger partial charge in [-0.3, -0.25) is 4.90 Å². The Bertz CT molecular complexity index is 364. The molecule has 0 radical (unpaired) electrons. The molecule has 1 aromatic carbocycles. The third kappa shape index (κ3) is 4.69. The van der Waals surface area contributed by atoms with Crippen molar-refractivity contribution in [2.45, 2.75) is 6.04 Å². The number of halogens is 2. The molecule has 0 spiro atoms. The summed E-state index contributed by atoms with van der Waals surface area (Å²) in [7, 11) is 1.69. The monoisotopic (exact) mass is 304 g/mol. The molecule has 0 aromatic heterocycles. The molecule has 1 heterocycles. The number of hydrogen-bond acceptors (Lipinski definition) is 3. The lowest BCUT2D eigenvalue weighted by Crippen LogP contribution is -2.44. The molecular formula is C14H22Cl2N2O. The van der Waals surface area contributed by atoms with E-state index in [9.17, 15) is 0 Å². The second-order valence-electron chi connectivity index (χ2n) is 4.24. The number of nitrogens with one attached hydrogen (secondary N) is 1. The largest absolute Gasteiger partial charge is 0.497 e. The lowest BCUT2D eigenvalue weighted by atomic mass is 10.0. The Balaban J connectivity index is 0.00000162. The van der Waals surface area contributed by atoms with E-state index in [2.05, 4.69) is 28.9 Å². The molecule has 1 aliphatic rings. The van der Waals surface area contributed by atoms with Gasteiger partial charge in [0, 0.05) is 26.2 Å². The van der Waals surface area contributed by atoms with E-state index in [1.807, 2.05) is 18.2 Å². The molecule has 1 atom stereocenters. The first kappa shape index (κ1) is 18.3. The fourth-order valence-corrected chi connectivity index (χ4v) is 2.26. The van der Waals surface area contributed by atoms with E-state index in [1.54, 1.807) is 7.11 Å². The highest BCUT2D eigenvalue weighted by Crippen LogP contribution is 2.24. The molecule has 0 saturated carbocycles. The summed E-state index contributed by atoms with van der Waals surface area (Å²) in [5.41, 5.74) is 1.28. The van der Waals surface area contributed by atoms with Crippen molar-refractivity contribution in [1.29, 1.82) is 0 Å². The third-order valence-corrected chi connectivity index (χ3v) is 3.23. The van der Waals surface area contributed by atoms with Gasteiger partial charge >= 0.3 is 0 Å². The first-order valence-electron chi connectivity index (χ1n) is 6.06. The molecule has 0 unspecified atom stereocenters. The standard InChI is InChI=1S/C14H20N2O.2ClH/c1-3-14(16-10-8-15-9-11-16)12-4-6-13(17-2)7-5-12;;/h3-7,14-15H,1,8-11H2,2H3;2*1H/t14-;;/m0../s1. The maximum Gasteiger partial charge on any atom is 0.118 e. The molecule has 0 amide bonds. The number of ether oxygens (including phenoxy) is 1. The molecule has 1 aliphatic heterocycles. The van der Waals surface area contributed by atoms with Gasteiger partial charge in [0.2, 0.25) is 0 Å². The topological polar surface area (TPSA) is 24.5 Å². The number of hydrogen-bond donors (Lipinski definition) is 1. The van der Waals surface area contributed by atoms with Crippen LogP contribution >= 0.6 is 24.8 Å². The zero-order chi connectivity index (χ0) is 12.1. The second-order valence-corrected chi connectivity index (χ2v) is 4.24. The van der Waals surface area contributed by atoms with E-state index in [0.717, 1.165) is 31.9 Å². The molecule has 108 valence electrons. The Morgan fingerprint density at radius 3 is 2.26 bits per heavy atom. The zero-order valence-corrected chi connectivity index (χ0v) is 12.8. The lowest BCUT2D eigenvalue weighted by Gasteiger charge is -2.33. The van der Waals surface area contributed by atoms with E-state index >= 15 is 0 Å². The van der Waals surface area contributed by atoms with Gasteiger partial charge in [-0.25, -0.2) is 0 Å². The van der Waals surface area contributed by atoms with Gasteiger partial charge in [0.15, 0.2) is 0 Å². The number of methoxy groups -OCH3 is 1. The predicted molar refractivity (Wildman–Crippen MR) is 84.9 cm³/mol. The Hall–Kier alpha value is -0.740.